The maximum atomic E-state index is 4.17. The Hall–Kier alpha value is -1.74. The normalized spacial score (nSPS) is 12.3. The van der Waals surface area contributed by atoms with E-state index in [0.717, 1.165) is 6.54 Å². The highest BCUT2D eigenvalue weighted by Crippen LogP contribution is 2.22. The summed E-state index contributed by atoms with van der Waals surface area (Å²) in [7, 11) is 1.96. The lowest BCUT2D eigenvalue weighted by atomic mass is 9.93. The van der Waals surface area contributed by atoms with Crippen molar-refractivity contribution in [3.63, 3.8) is 0 Å². The van der Waals surface area contributed by atoms with E-state index in [1.165, 1.54) is 11.1 Å². The van der Waals surface area contributed by atoms with Crippen molar-refractivity contribution in [1.29, 1.82) is 0 Å². The van der Waals surface area contributed by atoms with E-state index >= 15 is 0 Å². The van der Waals surface area contributed by atoms with E-state index in [-0.39, 0.29) is 0 Å². The van der Waals surface area contributed by atoms with E-state index in [4.69, 9.17) is 0 Å². The fourth-order valence-corrected chi connectivity index (χ4v) is 1.81. The predicted molar refractivity (Wildman–Crippen MR) is 64.2 cm³/mol. The van der Waals surface area contributed by atoms with Crippen molar-refractivity contribution in [2.24, 2.45) is 0 Å². The Morgan fingerprint density at radius 1 is 1.06 bits per heavy atom. The Kier molecular flexibility index (Phi) is 3.62. The van der Waals surface area contributed by atoms with Crippen LogP contribution in [0.5, 0.6) is 0 Å². The number of pyridine rings is 2. The highest BCUT2D eigenvalue weighted by atomic mass is 14.8. The number of rotatable bonds is 4. The summed E-state index contributed by atoms with van der Waals surface area (Å²) in [4.78, 5) is 8.22. The van der Waals surface area contributed by atoms with E-state index in [0.29, 0.717) is 5.92 Å². The molecule has 2 rings (SSSR count). The second kappa shape index (κ2) is 5.37. The Morgan fingerprint density at radius 3 is 2.50 bits per heavy atom. The van der Waals surface area contributed by atoms with Crippen molar-refractivity contribution < 1.29 is 0 Å². The monoisotopic (exact) mass is 213 g/mol. The van der Waals surface area contributed by atoms with Crippen molar-refractivity contribution in [2.45, 2.75) is 5.92 Å². The van der Waals surface area contributed by atoms with Gasteiger partial charge in [0.1, 0.15) is 0 Å². The number of hydrogen-bond donors (Lipinski definition) is 1. The first-order valence-corrected chi connectivity index (χ1v) is 5.36. The molecule has 2 heterocycles. The van der Waals surface area contributed by atoms with Crippen LogP contribution in [0, 0.1) is 0 Å². The number of nitrogens with one attached hydrogen (secondary N) is 1. The summed E-state index contributed by atoms with van der Waals surface area (Å²) >= 11 is 0. The quantitative estimate of drug-likeness (QED) is 0.842. The molecule has 1 unspecified atom stereocenters. The van der Waals surface area contributed by atoms with Crippen LogP contribution in [-0.4, -0.2) is 23.6 Å². The molecule has 0 saturated heterocycles. The molecule has 0 aliphatic rings. The molecule has 0 aliphatic carbocycles. The lowest BCUT2D eigenvalue weighted by Gasteiger charge is -2.16. The summed E-state index contributed by atoms with van der Waals surface area (Å²) in [5.74, 6) is 0.335. The smallest absolute Gasteiger partial charge is 0.0306 e. The van der Waals surface area contributed by atoms with Crippen LogP contribution in [-0.2, 0) is 0 Å². The van der Waals surface area contributed by atoms with Gasteiger partial charge in [0.2, 0.25) is 0 Å². The first kappa shape index (κ1) is 10.8. The van der Waals surface area contributed by atoms with E-state index in [2.05, 4.69) is 33.5 Å². The maximum absolute atomic E-state index is 4.17. The number of nitrogens with zero attached hydrogens (tertiary/aromatic N) is 2. The Labute approximate surface area is 95.6 Å². The van der Waals surface area contributed by atoms with E-state index in [9.17, 15) is 0 Å². The lowest BCUT2D eigenvalue weighted by molar-refractivity contribution is 0.705. The molecule has 0 aromatic carbocycles. The van der Waals surface area contributed by atoms with E-state index in [1.54, 1.807) is 6.20 Å². The fraction of sp³-hybridized carbons (Fsp3) is 0.231. The zero-order valence-corrected chi connectivity index (χ0v) is 9.30. The van der Waals surface area contributed by atoms with E-state index in [1.807, 2.05) is 31.7 Å². The Balaban J connectivity index is 2.31. The summed E-state index contributed by atoms with van der Waals surface area (Å²) in [6, 6.07) is 8.18. The predicted octanol–water partition coefficient (Wildman–Crippen LogP) is 1.83. The van der Waals surface area contributed by atoms with Crippen molar-refractivity contribution in [2.75, 3.05) is 13.6 Å². The topological polar surface area (TPSA) is 37.8 Å². The fourth-order valence-electron chi connectivity index (χ4n) is 1.81. The molecule has 0 bridgehead atoms. The molecule has 1 N–H and O–H groups in total. The van der Waals surface area contributed by atoms with Gasteiger partial charge in [-0.05, 0) is 36.4 Å². The molecule has 0 amide bonds. The average molecular weight is 213 g/mol. The van der Waals surface area contributed by atoms with Crippen molar-refractivity contribution in [3.8, 4) is 0 Å². The zero-order chi connectivity index (χ0) is 11.2. The van der Waals surface area contributed by atoms with Gasteiger partial charge in [0.15, 0.2) is 0 Å². The first-order chi connectivity index (χ1) is 7.92. The van der Waals surface area contributed by atoms with Crippen molar-refractivity contribution in [3.05, 3.63) is 60.2 Å². The standard InChI is InChI=1S/C13H15N3/c1-14-10-13(11-4-7-15-8-5-11)12-3-2-6-16-9-12/h2-9,13-14H,10H2,1H3. The number of likely N-dealkylation sites (N-methyl/N-ethyl adjacent to an activating group) is 1. The lowest BCUT2D eigenvalue weighted by Crippen LogP contribution is -2.18. The second-order valence-corrected chi connectivity index (χ2v) is 3.68. The number of aromatic nitrogens is 2. The molecule has 3 nitrogen and oxygen atoms in total. The van der Waals surface area contributed by atoms with Gasteiger partial charge in [-0.15, -0.1) is 0 Å². The van der Waals surface area contributed by atoms with Crippen LogP contribution >= 0.6 is 0 Å². The van der Waals surface area contributed by atoms with Crippen molar-refractivity contribution >= 4 is 0 Å². The maximum Gasteiger partial charge on any atom is 0.0306 e. The van der Waals surface area contributed by atoms with Crippen LogP contribution < -0.4 is 5.32 Å². The molecular formula is C13H15N3. The summed E-state index contributed by atoms with van der Waals surface area (Å²) < 4.78 is 0. The summed E-state index contributed by atoms with van der Waals surface area (Å²) in [5.41, 5.74) is 2.49. The van der Waals surface area contributed by atoms with Crippen LogP contribution in [0.15, 0.2) is 49.1 Å². The summed E-state index contributed by atoms with van der Waals surface area (Å²) in [5, 5.41) is 3.22. The summed E-state index contributed by atoms with van der Waals surface area (Å²) in [6.45, 7) is 0.899. The van der Waals surface area contributed by atoms with E-state index < -0.39 is 0 Å². The van der Waals surface area contributed by atoms with Gasteiger partial charge in [0.05, 0.1) is 0 Å². The molecule has 0 fully saturated rings. The Bertz CT molecular complexity index is 374. The Morgan fingerprint density at radius 2 is 1.88 bits per heavy atom. The zero-order valence-electron chi connectivity index (χ0n) is 9.30. The minimum atomic E-state index is 0.335. The molecule has 0 spiro atoms. The van der Waals surface area contributed by atoms with Gasteiger partial charge in [-0.1, -0.05) is 6.07 Å². The van der Waals surface area contributed by atoms with Gasteiger partial charge in [-0.3, -0.25) is 9.97 Å². The third kappa shape index (κ3) is 2.44. The van der Waals surface area contributed by atoms with Gasteiger partial charge in [-0.2, -0.15) is 0 Å². The van der Waals surface area contributed by atoms with Gasteiger partial charge in [0.25, 0.3) is 0 Å². The molecule has 0 aliphatic heterocycles. The SMILES string of the molecule is CNCC(c1ccncc1)c1cccnc1. The third-order valence-corrected chi connectivity index (χ3v) is 2.60. The molecule has 16 heavy (non-hydrogen) atoms. The van der Waals surface area contributed by atoms with Crippen LogP contribution in [0.4, 0.5) is 0 Å². The second-order valence-electron chi connectivity index (χ2n) is 3.68. The average Bonchev–Trinajstić information content (AvgIpc) is 2.38. The molecule has 1 atom stereocenters. The molecule has 82 valence electrons. The van der Waals surface area contributed by atoms with Gasteiger partial charge >= 0.3 is 0 Å². The van der Waals surface area contributed by atoms with Crippen LogP contribution in [0.3, 0.4) is 0 Å². The summed E-state index contributed by atoms with van der Waals surface area (Å²) in [6.07, 6.45) is 7.37. The molecule has 0 saturated carbocycles. The van der Waals surface area contributed by atoms with Gasteiger partial charge < -0.3 is 5.32 Å². The molecular weight excluding hydrogens is 198 g/mol. The highest BCUT2D eigenvalue weighted by molar-refractivity contribution is 5.29. The minimum Gasteiger partial charge on any atom is -0.319 e. The number of hydrogen-bond acceptors (Lipinski definition) is 3. The molecule has 2 aromatic heterocycles. The molecule has 3 heteroatoms. The third-order valence-electron chi connectivity index (χ3n) is 2.60. The largest absolute Gasteiger partial charge is 0.319 e. The minimum absolute atomic E-state index is 0.335. The first-order valence-electron chi connectivity index (χ1n) is 5.36. The molecule has 2 aromatic rings. The van der Waals surface area contributed by atoms with Crippen LogP contribution in [0.2, 0.25) is 0 Å². The highest BCUT2D eigenvalue weighted by Gasteiger charge is 2.12. The molecule has 0 radical (unpaired) electrons. The van der Waals surface area contributed by atoms with Crippen molar-refractivity contribution in [1.82, 2.24) is 15.3 Å². The van der Waals surface area contributed by atoms with Crippen LogP contribution in [0.25, 0.3) is 0 Å². The van der Waals surface area contributed by atoms with Crippen LogP contribution in [0.1, 0.15) is 17.0 Å². The van der Waals surface area contributed by atoms with Gasteiger partial charge in [-0.25, -0.2) is 0 Å². The van der Waals surface area contributed by atoms with Gasteiger partial charge in [0, 0.05) is 37.3 Å².